The maximum Gasteiger partial charge on any atom is 0.215 e. The van der Waals surface area contributed by atoms with Crippen molar-refractivity contribution in [2.24, 2.45) is 5.73 Å². The molecular formula is C9H16N2O3S. The Kier molecular flexibility index (Phi) is 4.31. The van der Waals surface area contributed by atoms with Gasteiger partial charge in [-0.25, -0.2) is 13.1 Å². The van der Waals surface area contributed by atoms with Gasteiger partial charge in [-0.1, -0.05) is 0 Å². The molecule has 0 aromatic carbocycles. The zero-order valence-electron chi connectivity index (χ0n) is 8.64. The van der Waals surface area contributed by atoms with Gasteiger partial charge in [0, 0.05) is 19.5 Å². The molecule has 5 nitrogen and oxygen atoms in total. The van der Waals surface area contributed by atoms with E-state index in [4.69, 9.17) is 10.2 Å². The van der Waals surface area contributed by atoms with Crippen molar-refractivity contribution >= 4 is 10.0 Å². The molecule has 15 heavy (non-hydrogen) atoms. The highest BCUT2D eigenvalue weighted by atomic mass is 32.2. The Morgan fingerprint density at radius 3 is 2.87 bits per heavy atom. The predicted molar refractivity (Wildman–Crippen MR) is 57.9 cm³/mol. The fourth-order valence-corrected chi connectivity index (χ4v) is 1.96. The van der Waals surface area contributed by atoms with Crippen LogP contribution in [-0.4, -0.2) is 26.8 Å². The lowest BCUT2D eigenvalue weighted by Gasteiger charge is -2.10. The van der Waals surface area contributed by atoms with Gasteiger partial charge >= 0.3 is 0 Å². The van der Waals surface area contributed by atoms with E-state index in [2.05, 4.69) is 4.72 Å². The van der Waals surface area contributed by atoms with Gasteiger partial charge in [-0.05, 0) is 19.1 Å². The molecule has 1 aromatic rings. The van der Waals surface area contributed by atoms with E-state index >= 15 is 0 Å². The molecule has 0 spiro atoms. The molecule has 0 fully saturated rings. The summed E-state index contributed by atoms with van der Waals surface area (Å²) in [5.74, 6) is 0.762. The lowest BCUT2D eigenvalue weighted by atomic mass is 10.3. The molecule has 86 valence electrons. The zero-order chi connectivity index (χ0) is 11.3. The number of furan rings is 1. The topological polar surface area (TPSA) is 85.3 Å². The van der Waals surface area contributed by atoms with E-state index < -0.39 is 15.3 Å². The first kappa shape index (κ1) is 12.2. The van der Waals surface area contributed by atoms with Crippen LogP contribution in [-0.2, 0) is 16.4 Å². The van der Waals surface area contributed by atoms with Crippen LogP contribution in [0.2, 0.25) is 0 Å². The molecule has 6 heteroatoms. The Morgan fingerprint density at radius 1 is 1.60 bits per heavy atom. The van der Waals surface area contributed by atoms with Gasteiger partial charge in [-0.3, -0.25) is 0 Å². The molecule has 1 heterocycles. The van der Waals surface area contributed by atoms with Crippen LogP contribution >= 0.6 is 0 Å². The fourth-order valence-electron chi connectivity index (χ4n) is 1.04. The number of hydrogen-bond donors (Lipinski definition) is 2. The van der Waals surface area contributed by atoms with Crippen LogP contribution in [0, 0.1) is 0 Å². The standard InChI is InChI=1S/C9H16N2O3S/c1-8(7-10)15(12,13)11-5-4-9-3-2-6-14-9/h2-3,6,8,11H,4-5,7,10H2,1H3. The van der Waals surface area contributed by atoms with Gasteiger partial charge in [0.05, 0.1) is 11.5 Å². The van der Waals surface area contributed by atoms with Crippen molar-refractivity contribution in [1.82, 2.24) is 4.72 Å². The number of nitrogens with one attached hydrogen (secondary N) is 1. The van der Waals surface area contributed by atoms with Crippen molar-refractivity contribution in [2.75, 3.05) is 13.1 Å². The highest BCUT2D eigenvalue weighted by Crippen LogP contribution is 2.01. The monoisotopic (exact) mass is 232 g/mol. The van der Waals surface area contributed by atoms with Crippen LogP contribution in [0.1, 0.15) is 12.7 Å². The van der Waals surface area contributed by atoms with Crippen molar-refractivity contribution in [2.45, 2.75) is 18.6 Å². The Hall–Kier alpha value is -0.850. The molecule has 0 saturated heterocycles. The van der Waals surface area contributed by atoms with Crippen LogP contribution in [0.25, 0.3) is 0 Å². The van der Waals surface area contributed by atoms with Crippen LogP contribution in [0.3, 0.4) is 0 Å². The zero-order valence-corrected chi connectivity index (χ0v) is 9.46. The first-order valence-corrected chi connectivity index (χ1v) is 6.32. The van der Waals surface area contributed by atoms with Gasteiger partial charge in [0.2, 0.25) is 10.0 Å². The molecule has 1 aromatic heterocycles. The van der Waals surface area contributed by atoms with Gasteiger partial charge in [0.25, 0.3) is 0 Å². The average Bonchev–Trinajstić information content (AvgIpc) is 2.69. The van der Waals surface area contributed by atoms with E-state index in [9.17, 15) is 8.42 Å². The second kappa shape index (κ2) is 5.29. The van der Waals surface area contributed by atoms with E-state index in [1.807, 2.05) is 0 Å². The second-order valence-electron chi connectivity index (χ2n) is 3.32. The summed E-state index contributed by atoms with van der Waals surface area (Å²) in [6.07, 6.45) is 2.11. The number of hydrogen-bond acceptors (Lipinski definition) is 4. The molecule has 0 radical (unpaired) electrons. The summed E-state index contributed by atoms with van der Waals surface area (Å²) in [5.41, 5.74) is 5.29. The summed E-state index contributed by atoms with van der Waals surface area (Å²) in [4.78, 5) is 0. The largest absolute Gasteiger partial charge is 0.469 e. The van der Waals surface area contributed by atoms with Gasteiger partial charge in [0.1, 0.15) is 5.76 Å². The van der Waals surface area contributed by atoms with Crippen molar-refractivity contribution in [3.8, 4) is 0 Å². The van der Waals surface area contributed by atoms with Crippen molar-refractivity contribution in [3.63, 3.8) is 0 Å². The SMILES string of the molecule is CC(CN)S(=O)(=O)NCCc1ccco1. The summed E-state index contributed by atoms with van der Waals surface area (Å²) >= 11 is 0. The molecule has 0 amide bonds. The number of nitrogens with two attached hydrogens (primary N) is 1. The lowest BCUT2D eigenvalue weighted by molar-refractivity contribution is 0.505. The van der Waals surface area contributed by atoms with Crippen LogP contribution < -0.4 is 10.5 Å². The van der Waals surface area contributed by atoms with Gasteiger partial charge in [-0.2, -0.15) is 0 Å². The van der Waals surface area contributed by atoms with E-state index in [1.54, 1.807) is 25.3 Å². The Balaban J connectivity index is 2.37. The molecular weight excluding hydrogens is 216 g/mol. The minimum atomic E-state index is -3.28. The third kappa shape index (κ3) is 3.65. The molecule has 0 saturated carbocycles. The summed E-state index contributed by atoms with van der Waals surface area (Å²) in [7, 11) is -3.28. The van der Waals surface area contributed by atoms with Crippen molar-refractivity contribution in [3.05, 3.63) is 24.2 Å². The lowest BCUT2D eigenvalue weighted by Crippen LogP contribution is -2.37. The van der Waals surface area contributed by atoms with Crippen molar-refractivity contribution in [1.29, 1.82) is 0 Å². The highest BCUT2D eigenvalue weighted by Gasteiger charge is 2.17. The Bertz CT molecular complexity index is 372. The maximum absolute atomic E-state index is 11.5. The number of sulfonamides is 1. The Labute approximate surface area is 89.7 Å². The summed E-state index contributed by atoms with van der Waals surface area (Å²) in [6, 6.07) is 3.58. The summed E-state index contributed by atoms with van der Waals surface area (Å²) in [5, 5.41) is -0.561. The normalized spacial score (nSPS) is 14.0. The molecule has 0 aliphatic heterocycles. The molecule has 3 N–H and O–H groups in total. The van der Waals surface area contributed by atoms with Crippen LogP contribution in [0.5, 0.6) is 0 Å². The van der Waals surface area contributed by atoms with Gasteiger partial charge < -0.3 is 10.2 Å². The highest BCUT2D eigenvalue weighted by molar-refractivity contribution is 7.90. The minimum Gasteiger partial charge on any atom is -0.469 e. The Morgan fingerprint density at radius 2 is 2.33 bits per heavy atom. The van der Waals surface area contributed by atoms with Gasteiger partial charge in [0.15, 0.2) is 0 Å². The molecule has 1 atom stereocenters. The molecule has 0 aliphatic carbocycles. The predicted octanol–water partition coefficient (Wildman–Crippen LogP) is 0.0887. The quantitative estimate of drug-likeness (QED) is 0.728. The van der Waals surface area contributed by atoms with Crippen LogP contribution in [0.15, 0.2) is 22.8 Å². The van der Waals surface area contributed by atoms with Gasteiger partial charge in [-0.15, -0.1) is 0 Å². The molecule has 1 unspecified atom stereocenters. The summed E-state index contributed by atoms with van der Waals surface area (Å²) in [6.45, 7) is 2.03. The molecule has 0 bridgehead atoms. The smallest absolute Gasteiger partial charge is 0.215 e. The third-order valence-electron chi connectivity index (χ3n) is 2.12. The third-order valence-corrected chi connectivity index (χ3v) is 3.97. The molecule has 1 rings (SSSR count). The first-order valence-electron chi connectivity index (χ1n) is 4.77. The number of rotatable bonds is 6. The van der Waals surface area contributed by atoms with Crippen LogP contribution in [0.4, 0.5) is 0 Å². The average molecular weight is 232 g/mol. The van der Waals surface area contributed by atoms with E-state index in [-0.39, 0.29) is 6.54 Å². The molecule has 0 aliphatic rings. The first-order chi connectivity index (χ1) is 7.06. The summed E-state index contributed by atoms with van der Waals surface area (Å²) < 4.78 is 30.5. The minimum absolute atomic E-state index is 0.121. The van der Waals surface area contributed by atoms with Crippen molar-refractivity contribution < 1.29 is 12.8 Å². The van der Waals surface area contributed by atoms with E-state index in [0.717, 1.165) is 5.76 Å². The fraction of sp³-hybridized carbons (Fsp3) is 0.556. The van der Waals surface area contributed by atoms with E-state index in [1.165, 1.54) is 0 Å². The maximum atomic E-state index is 11.5. The second-order valence-corrected chi connectivity index (χ2v) is 5.50. The van der Waals surface area contributed by atoms with E-state index in [0.29, 0.717) is 13.0 Å².